The minimum Gasteiger partial charge on any atom is -0.378 e. The number of carbonyl (C=O) groups is 2. The van der Waals surface area contributed by atoms with Gasteiger partial charge in [0.1, 0.15) is 10.7 Å². The molecule has 0 spiro atoms. The highest BCUT2D eigenvalue weighted by atomic mass is 35.5. The molecular formula is C14H11Cl3N2O3. The van der Waals surface area contributed by atoms with Crippen LogP contribution in [0, 0.1) is 0 Å². The average Bonchev–Trinajstić information content (AvgIpc) is 2.72. The Labute approximate surface area is 142 Å². The van der Waals surface area contributed by atoms with Crippen molar-refractivity contribution in [3.05, 3.63) is 39.0 Å². The molecule has 2 aliphatic heterocycles. The van der Waals surface area contributed by atoms with Gasteiger partial charge in [0.05, 0.1) is 28.9 Å². The first-order valence-electron chi connectivity index (χ1n) is 6.57. The average molecular weight is 362 g/mol. The first kappa shape index (κ1) is 15.6. The summed E-state index contributed by atoms with van der Waals surface area (Å²) in [5, 5.41) is 0.298. The number of morpholine rings is 1. The molecule has 0 N–H and O–H groups in total. The van der Waals surface area contributed by atoms with Crippen molar-refractivity contribution < 1.29 is 14.3 Å². The number of para-hydroxylation sites is 1. The van der Waals surface area contributed by atoms with Crippen molar-refractivity contribution in [2.45, 2.75) is 0 Å². The summed E-state index contributed by atoms with van der Waals surface area (Å²) in [6.45, 7) is 1.94. The fourth-order valence-corrected chi connectivity index (χ4v) is 3.31. The monoisotopic (exact) mass is 360 g/mol. The van der Waals surface area contributed by atoms with E-state index in [2.05, 4.69) is 0 Å². The summed E-state index contributed by atoms with van der Waals surface area (Å²) >= 11 is 18.3. The molecule has 0 bridgehead atoms. The molecule has 3 rings (SSSR count). The van der Waals surface area contributed by atoms with E-state index in [1.807, 2.05) is 0 Å². The molecule has 1 saturated heterocycles. The minimum atomic E-state index is -0.622. The maximum absolute atomic E-state index is 12.7. The lowest BCUT2D eigenvalue weighted by Crippen LogP contribution is -2.40. The molecule has 0 unspecified atom stereocenters. The van der Waals surface area contributed by atoms with Crippen LogP contribution in [0.15, 0.2) is 28.9 Å². The predicted octanol–water partition coefficient (Wildman–Crippen LogP) is 2.65. The maximum Gasteiger partial charge on any atom is 0.283 e. The Kier molecular flexibility index (Phi) is 4.32. The molecule has 2 aliphatic rings. The van der Waals surface area contributed by atoms with Crippen LogP contribution in [-0.4, -0.2) is 43.0 Å². The quantitative estimate of drug-likeness (QED) is 0.760. The van der Waals surface area contributed by atoms with Crippen LogP contribution >= 0.6 is 34.8 Å². The van der Waals surface area contributed by atoms with Crippen LogP contribution in [0.4, 0.5) is 5.69 Å². The Morgan fingerprint density at radius 2 is 1.55 bits per heavy atom. The van der Waals surface area contributed by atoms with Crippen molar-refractivity contribution in [2.24, 2.45) is 0 Å². The van der Waals surface area contributed by atoms with E-state index in [0.29, 0.717) is 26.3 Å². The Hall–Kier alpha value is -1.27. The van der Waals surface area contributed by atoms with Crippen molar-refractivity contribution >= 4 is 52.3 Å². The van der Waals surface area contributed by atoms with Crippen LogP contribution in [0.2, 0.25) is 10.0 Å². The summed E-state index contributed by atoms with van der Waals surface area (Å²) in [5.41, 5.74) is 0.327. The highest BCUT2D eigenvalue weighted by molar-refractivity contribution is 6.54. The summed E-state index contributed by atoms with van der Waals surface area (Å²) in [6, 6.07) is 4.75. The van der Waals surface area contributed by atoms with Crippen LogP contribution < -0.4 is 4.90 Å². The van der Waals surface area contributed by atoms with E-state index < -0.39 is 11.8 Å². The van der Waals surface area contributed by atoms with Crippen molar-refractivity contribution in [3.63, 3.8) is 0 Å². The molecule has 0 atom stereocenters. The summed E-state index contributed by atoms with van der Waals surface area (Å²) in [4.78, 5) is 27.8. The van der Waals surface area contributed by atoms with E-state index in [9.17, 15) is 9.59 Å². The van der Waals surface area contributed by atoms with Crippen molar-refractivity contribution in [3.8, 4) is 0 Å². The summed E-state index contributed by atoms with van der Waals surface area (Å²) in [5.74, 6) is -1.14. The Bertz CT molecular complexity index is 664. The van der Waals surface area contributed by atoms with Gasteiger partial charge in [-0.25, -0.2) is 4.90 Å². The number of rotatable bonds is 2. The first-order valence-corrected chi connectivity index (χ1v) is 7.71. The van der Waals surface area contributed by atoms with Gasteiger partial charge in [0.2, 0.25) is 0 Å². The summed E-state index contributed by atoms with van der Waals surface area (Å²) in [7, 11) is 0. The van der Waals surface area contributed by atoms with E-state index >= 15 is 0 Å². The normalized spacial score (nSPS) is 19.4. The zero-order valence-electron chi connectivity index (χ0n) is 11.3. The van der Waals surface area contributed by atoms with Gasteiger partial charge in [-0.2, -0.15) is 0 Å². The second kappa shape index (κ2) is 6.08. The van der Waals surface area contributed by atoms with Gasteiger partial charge in [-0.15, -0.1) is 0 Å². The Morgan fingerprint density at radius 1 is 0.955 bits per heavy atom. The molecule has 2 amide bonds. The number of ether oxygens (including phenoxy) is 1. The molecule has 8 heteroatoms. The molecule has 0 aliphatic carbocycles. The second-order valence-electron chi connectivity index (χ2n) is 4.78. The third-order valence-electron chi connectivity index (χ3n) is 3.49. The number of halogens is 3. The van der Waals surface area contributed by atoms with Gasteiger partial charge in [0.25, 0.3) is 11.8 Å². The molecule has 1 aromatic rings. The van der Waals surface area contributed by atoms with Gasteiger partial charge in [-0.1, -0.05) is 40.9 Å². The summed E-state index contributed by atoms with van der Waals surface area (Å²) < 4.78 is 5.25. The smallest absolute Gasteiger partial charge is 0.283 e. The Balaban J connectivity index is 2.01. The lowest BCUT2D eigenvalue weighted by atomic mass is 10.2. The lowest BCUT2D eigenvalue weighted by Gasteiger charge is -2.29. The van der Waals surface area contributed by atoms with Crippen LogP contribution in [0.5, 0.6) is 0 Å². The van der Waals surface area contributed by atoms with Crippen molar-refractivity contribution in [1.29, 1.82) is 0 Å². The second-order valence-corrected chi connectivity index (χ2v) is 5.97. The molecule has 0 aromatic heterocycles. The minimum absolute atomic E-state index is 0.122. The van der Waals surface area contributed by atoms with E-state index in [1.165, 1.54) is 0 Å². The van der Waals surface area contributed by atoms with Gasteiger partial charge < -0.3 is 9.64 Å². The number of anilines is 1. The van der Waals surface area contributed by atoms with Crippen LogP contribution in [0.1, 0.15) is 0 Å². The molecule has 5 nitrogen and oxygen atoms in total. The highest BCUT2D eigenvalue weighted by Crippen LogP contribution is 2.39. The van der Waals surface area contributed by atoms with E-state index in [4.69, 9.17) is 39.5 Å². The third-order valence-corrected chi connectivity index (χ3v) is 4.44. The highest BCUT2D eigenvalue weighted by Gasteiger charge is 2.43. The van der Waals surface area contributed by atoms with Crippen LogP contribution in [-0.2, 0) is 14.3 Å². The molecule has 2 heterocycles. The van der Waals surface area contributed by atoms with Crippen LogP contribution in [0.3, 0.4) is 0 Å². The topological polar surface area (TPSA) is 49.9 Å². The molecule has 116 valence electrons. The van der Waals surface area contributed by atoms with Gasteiger partial charge in [-0.3, -0.25) is 9.59 Å². The summed E-state index contributed by atoms with van der Waals surface area (Å²) in [6.07, 6.45) is 0. The standard InChI is InChI=1S/C14H11Cl3N2O3/c15-8-2-1-3-9(16)11(8)19-13(20)10(17)12(14(19)21)18-4-6-22-7-5-18/h1-3H,4-7H2. The van der Waals surface area contributed by atoms with Gasteiger partial charge in [-0.05, 0) is 12.1 Å². The third kappa shape index (κ3) is 2.48. The maximum atomic E-state index is 12.7. The number of amides is 2. The molecule has 0 radical (unpaired) electrons. The SMILES string of the molecule is O=C1C(Cl)=C(N2CCOCC2)C(=O)N1c1c(Cl)cccc1Cl. The number of carbonyl (C=O) groups excluding carboxylic acids is 2. The Morgan fingerprint density at radius 3 is 2.14 bits per heavy atom. The lowest BCUT2D eigenvalue weighted by molar-refractivity contribution is -0.121. The number of nitrogens with zero attached hydrogens (tertiary/aromatic N) is 2. The zero-order valence-corrected chi connectivity index (χ0v) is 13.6. The fraction of sp³-hybridized carbons (Fsp3) is 0.286. The molecular weight excluding hydrogens is 351 g/mol. The van der Waals surface area contributed by atoms with Crippen LogP contribution in [0.25, 0.3) is 0 Å². The van der Waals surface area contributed by atoms with E-state index in [0.717, 1.165) is 4.90 Å². The molecule has 0 saturated carbocycles. The van der Waals surface area contributed by atoms with Gasteiger partial charge in [0, 0.05) is 13.1 Å². The number of benzene rings is 1. The van der Waals surface area contributed by atoms with Crippen molar-refractivity contribution in [1.82, 2.24) is 4.90 Å². The molecule has 1 fully saturated rings. The van der Waals surface area contributed by atoms with Crippen molar-refractivity contribution in [2.75, 3.05) is 31.2 Å². The number of hydrogen-bond acceptors (Lipinski definition) is 4. The fourth-order valence-electron chi connectivity index (χ4n) is 2.46. The van der Waals surface area contributed by atoms with E-state index in [-0.39, 0.29) is 26.5 Å². The predicted molar refractivity (Wildman–Crippen MR) is 84.2 cm³/mol. The van der Waals surface area contributed by atoms with Gasteiger partial charge in [0.15, 0.2) is 0 Å². The first-order chi connectivity index (χ1) is 10.5. The largest absolute Gasteiger partial charge is 0.378 e. The van der Waals surface area contributed by atoms with E-state index in [1.54, 1.807) is 23.1 Å². The molecule has 22 heavy (non-hydrogen) atoms. The van der Waals surface area contributed by atoms with Gasteiger partial charge >= 0.3 is 0 Å². The number of imide groups is 1. The number of hydrogen-bond donors (Lipinski definition) is 0. The zero-order chi connectivity index (χ0) is 15.9. The molecule has 1 aromatic carbocycles.